The van der Waals surface area contributed by atoms with Gasteiger partial charge in [-0.05, 0) is 55.5 Å². The SMILES string of the molecule is CCCCCCC(/C=C(\C)COCC)=C\c1ccc(F)cc1. The maximum Gasteiger partial charge on any atom is 0.123 e. The highest BCUT2D eigenvalue weighted by Crippen LogP contribution is 2.18. The lowest BCUT2D eigenvalue weighted by molar-refractivity contribution is 0.171. The number of benzene rings is 1. The van der Waals surface area contributed by atoms with Crippen molar-refractivity contribution in [1.82, 2.24) is 0 Å². The average molecular weight is 304 g/mol. The summed E-state index contributed by atoms with van der Waals surface area (Å²) in [5, 5.41) is 0. The molecule has 2 heteroatoms. The van der Waals surface area contributed by atoms with Gasteiger partial charge in [0, 0.05) is 6.61 Å². The number of hydrogen-bond acceptors (Lipinski definition) is 1. The quantitative estimate of drug-likeness (QED) is 0.371. The predicted molar refractivity (Wildman–Crippen MR) is 93.4 cm³/mol. The van der Waals surface area contributed by atoms with Crippen LogP contribution in [0.15, 0.2) is 41.5 Å². The van der Waals surface area contributed by atoms with Gasteiger partial charge in [0.25, 0.3) is 0 Å². The summed E-state index contributed by atoms with van der Waals surface area (Å²) in [7, 11) is 0. The van der Waals surface area contributed by atoms with Gasteiger partial charge in [-0.25, -0.2) is 4.39 Å². The third kappa shape index (κ3) is 8.14. The van der Waals surface area contributed by atoms with Crippen molar-refractivity contribution in [3.63, 3.8) is 0 Å². The zero-order chi connectivity index (χ0) is 16.2. The number of allylic oxidation sites excluding steroid dienone is 2. The first-order chi connectivity index (χ1) is 10.7. The molecule has 0 N–H and O–H groups in total. The van der Waals surface area contributed by atoms with Gasteiger partial charge in [-0.15, -0.1) is 0 Å². The third-order valence-electron chi connectivity index (χ3n) is 3.51. The van der Waals surface area contributed by atoms with E-state index in [0.717, 1.165) is 18.6 Å². The summed E-state index contributed by atoms with van der Waals surface area (Å²) in [6.45, 7) is 7.74. The van der Waals surface area contributed by atoms with E-state index in [1.165, 1.54) is 49.0 Å². The molecule has 22 heavy (non-hydrogen) atoms. The van der Waals surface area contributed by atoms with Gasteiger partial charge in [0.05, 0.1) is 6.61 Å². The van der Waals surface area contributed by atoms with Gasteiger partial charge in [-0.3, -0.25) is 0 Å². The monoisotopic (exact) mass is 304 g/mol. The van der Waals surface area contributed by atoms with Crippen LogP contribution in [0.5, 0.6) is 0 Å². The molecule has 0 heterocycles. The fourth-order valence-corrected chi connectivity index (χ4v) is 2.34. The van der Waals surface area contributed by atoms with Crippen LogP contribution in [-0.4, -0.2) is 13.2 Å². The van der Waals surface area contributed by atoms with Crippen molar-refractivity contribution in [3.8, 4) is 0 Å². The molecule has 1 nitrogen and oxygen atoms in total. The molecule has 0 spiro atoms. The lowest BCUT2D eigenvalue weighted by Gasteiger charge is -2.07. The zero-order valence-corrected chi connectivity index (χ0v) is 14.2. The Morgan fingerprint density at radius 3 is 2.45 bits per heavy atom. The summed E-state index contributed by atoms with van der Waals surface area (Å²) in [6, 6.07) is 6.68. The van der Waals surface area contributed by atoms with E-state index < -0.39 is 0 Å². The first-order valence-corrected chi connectivity index (χ1v) is 8.36. The van der Waals surface area contributed by atoms with Gasteiger partial charge < -0.3 is 4.74 Å². The molecule has 1 rings (SSSR count). The Hall–Kier alpha value is -1.41. The van der Waals surface area contributed by atoms with E-state index in [0.29, 0.717) is 6.61 Å². The van der Waals surface area contributed by atoms with Crippen LogP contribution in [0, 0.1) is 5.82 Å². The molecule has 0 fully saturated rings. The van der Waals surface area contributed by atoms with Crippen molar-refractivity contribution in [1.29, 1.82) is 0 Å². The Morgan fingerprint density at radius 2 is 1.82 bits per heavy atom. The lowest BCUT2D eigenvalue weighted by Crippen LogP contribution is -1.95. The minimum atomic E-state index is -0.190. The summed E-state index contributed by atoms with van der Waals surface area (Å²) in [4.78, 5) is 0. The Bertz CT molecular complexity index is 471. The average Bonchev–Trinajstić information content (AvgIpc) is 2.51. The molecule has 0 aliphatic rings. The molecule has 0 aliphatic heterocycles. The minimum absolute atomic E-state index is 0.190. The van der Waals surface area contributed by atoms with Crippen LogP contribution in [-0.2, 0) is 4.74 Å². The summed E-state index contributed by atoms with van der Waals surface area (Å²) >= 11 is 0. The van der Waals surface area contributed by atoms with Gasteiger partial charge in [0.1, 0.15) is 5.82 Å². The van der Waals surface area contributed by atoms with E-state index in [1.54, 1.807) is 0 Å². The van der Waals surface area contributed by atoms with Crippen molar-refractivity contribution in [2.45, 2.75) is 52.9 Å². The van der Waals surface area contributed by atoms with Crippen molar-refractivity contribution < 1.29 is 9.13 Å². The molecule has 0 radical (unpaired) electrons. The molecular weight excluding hydrogens is 275 g/mol. The van der Waals surface area contributed by atoms with Gasteiger partial charge in [-0.1, -0.05) is 50.5 Å². The highest BCUT2D eigenvalue weighted by molar-refractivity contribution is 5.56. The number of hydrogen-bond donors (Lipinski definition) is 0. The van der Waals surface area contributed by atoms with Crippen molar-refractivity contribution in [2.24, 2.45) is 0 Å². The van der Waals surface area contributed by atoms with Gasteiger partial charge in [0.15, 0.2) is 0 Å². The topological polar surface area (TPSA) is 9.23 Å². The van der Waals surface area contributed by atoms with E-state index in [-0.39, 0.29) is 5.82 Å². The third-order valence-corrected chi connectivity index (χ3v) is 3.51. The molecule has 122 valence electrons. The second-order valence-electron chi connectivity index (χ2n) is 5.71. The first kappa shape index (κ1) is 18.6. The summed E-state index contributed by atoms with van der Waals surface area (Å²) in [5.41, 5.74) is 3.57. The normalized spacial score (nSPS) is 12.7. The lowest BCUT2D eigenvalue weighted by atomic mass is 10.0. The fourth-order valence-electron chi connectivity index (χ4n) is 2.34. The van der Waals surface area contributed by atoms with Crippen LogP contribution in [0.4, 0.5) is 4.39 Å². The smallest absolute Gasteiger partial charge is 0.123 e. The van der Waals surface area contributed by atoms with Gasteiger partial charge >= 0.3 is 0 Å². The maximum absolute atomic E-state index is 13.0. The van der Waals surface area contributed by atoms with E-state index in [4.69, 9.17) is 4.74 Å². The van der Waals surface area contributed by atoms with Crippen LogP contribution in [0.25, 0.3) is 6.08 Å². The van der Waals surface area contributed by atoms with E-state index in [2.05, 4.69) is 26.0 Å². The van der Waals surface area contributed by atoms with Crippen LogP contribution in [0.2, 0.25) is 0 Å². The van der Waals surface area contributed by atoms with Crippen LogP contribution < -0.4 is 0 Å². The molecule has 0 aliphatic carbocycles. The predicted octanol–water partition coefficient (Wildman–Crippen LogP) is 6.16. The number of ether oxygens (including phenoxy) is 1. The van der Waals surface area contributed by atoms with E-state index in [9.17, 15) is 4.39 Å². The molecule has 0 unspecified atom stereocenters. The largest absolute Gasteiger partial charge is 0.377 e. The molecule has 0 aromatic heterocycles. The van der Waals surface area contributed by atoms with Crippen LogP contribution in [0.1, 0.15) is 58.4 Å². The van der Waals surface area contributed by atoms with Gasteiger partial charge in [0.2, 0.25) is 0 Å². The van der Waals surface area contributed by atoms with Gasteiger partial charge in [-0.2, -0.15) is 0 Å². The van der Waals surface area contributed by atoms with Crippen LogP contribution in [0.3, 0.4) is 0 Å². The summed E-state index contributed by atoms with van der Waals surface area (Å²) in [6.07, 6.45) is 10.4. The summed E-state index contributed by atoms with van der Waals surface area (Å²) < 4.78 is 18.5. The first-order valence-electron chi connectivity index (χ1n) is 8.36. The Morgan fingerprint density at radius 1 is 1.09 bits per heavy atom. The van der Waals surface area contributed by atoms with Crippen molar-refractivity contribution in [3.05, 3.63) is 52.9 Å². The highest BCUT2D eigenvalue weighted by atomic mass is 19.1. The van der Waals surface area contributed by atoms with Crippen molar-refractivity contribution in [2.75, 3.05) is 13.2 Å². The van der Waals surface area contributed by atoms with E-state index in [1.807, 2.05) is 19.1 Å². The Labute approximate surface area is 134 Å². The summed E-state index contributed by atoms with van der Waals surface area (Å²) in [5.74, 6) is -0.190. The second-order valence-corrected chi connectivity index (χ2v) is 5.71. The molecule has 0 amide bonds. The minimum Gasteiger partial charge on any atom is -0.377 e. The molecule has 0 saturated heterocycles. The molecule has 1 aromatic carbocycles. The van der Waals surface area contributed by atoms with E-state index >= 15 is 0 Å². The number of unbranched alkanes of at least 4 members (excludes halogenated alkanes) is 3. The Kier molecular flexibility index (Phi) is 9.49. The molecule has 0 saturated carbocycles. The number of rotatable bonds is 10. The number of halogens is 1. The standard InChI is InChI=1S/C20H29FO/c1-4-6-7-8-9-19(14-17(3)16-22-5-2)15-18-10-12-20(21)13-11-18/h10-15H,4-9,16H2,1-3H3/b17-14+,19-15+. The second kappa shape index (κ2) is 11.2. The molecule has 0 bridgehead atoms. The van der Waals surface area contributed by atoms with Crippen molar-refractivity contribution >= 4 is 6.08 Å². The molecule has 1 aromatic rings. The zero-order valence-electron chi connectivity index (χ0n) is 14.2. The molecular formula is C20H29FO. The fraction of sp³-hybridized carbons (Fsp3) is 0.500. The molecule has 0 atom stereocenters. The van der Waals surface area contributed by atoms with Crippen LogP contribution >= 0.6 is 0 Å². The highest BCUT2D eigenvalue weighted by Gasteiger charge is 1.99. The maximum atomic E-state index is 13.0. The Balaban J connectivity index is 2.77.